The third-order valence-corrected chi connectivity index (χ3v) is 9.66. The molecular formula is C23H40O7Si. The first-order valence-electron chi connectivity index (χ1n) is 10.9. The van der Waals surface area contributed by atoms with Crippen molar-refractivity contribution in [2.45, 2.75) is 38.9 Å². The van der Waals surface area contributed by atoms with E-state index in [-0.39, 0.29) is 5.04 Å². The van der Waals surface area contributed by atoms with Crippen molar-refractivity contribution in [3.63, 3.8) is 0 Å². The summed E-state index contributed by atoms with van der Waals surface area (Å²) in [7, 11) is -1.68. The number of hydrogen-bond donors (Lipinski definition) is 0. The molecule has 0 aliphatic carbocycles. The summed E-state index contributed by atoms with van der Waals surface area (Å²) in [5.41, 5.74) is 0.629. The Morgan fingerprint density at radius 1 is 0.710 bits per heavy atom. The minimum Gasteiger partial charge on any atom is -0.491 e. The van der Waals surface area contributed by atoms with Crippen LogP contribution in [0.2, 0.25) is 18.1 Å². The lowest BCUT2D eigenvalue weighted by atomic mass is 10.2. The predicted octanol–water partition coefficient (Wildman–Crippen LogP) is 3.97. The van der Waals surface area contributed by atoms with Crippen molar-refractivity contribution >= 4 is 14.6 Å². The molecule has 0 fully saturated rings. The first-order chi connectivity index (χ1) is 14.8. The molecule has 0 aliphatic heterocycles. The second-order valence-electron chi connectivity index (χ2n) is 8.59. The van der Waals surface area contributed by atoms with Gasteiger partial charge in [-0.2, -0.15) is 0 Å². The van der Waals surface area contributed by atoms with Crippen molar-refractivity contribution in [2.75, 3.05) is 66.1 Å². The van der Waals surface area contributed by atoms with Crippen LogP contribution in [-0.2, 0) is 23.4 Å². The summed E-state index contributed by atoms with van der Waals surface area (Å²) in [6.07, 6.45) is 0.804. The molecule has 0 aromatic heterocycles. The Bertz CT molecular complexity index is 585. The van der Waals surface area contributed by atoms with E-state index in [4.69, 9.17) is 28.1 Å². The van der Waals surface area contributed by atoms with E-state index in [1.165, 1.54) is 0 Å². The summed E-state index contributed by atoms with van der Waals surface area (Å²) in [5, 5.41) is 0.223. The lowest BCUT2D eigenvalue weighted by Crippen LogP contribution is -2.41. The van der Waals surface area contributed by atoms with Gasteiger partial charge in [0.25, 0.3) is 0 Å². The molecule has 178 valence electrons. The van der Waals surface area contributed by atoms with Crippen LogP contribution in [0.3, 0.4) is 0 Å². The van der Waals surface area contributed by atoms with Crippen LogP contribution in [0.4, 0.5) is 0 Å². The minimum absolute atomic E-state index is 0.223. The fraction of sp³-hybridized carbons (Fsp3) is 0.696. The second kappa shape index (κ2) is 15.5. The molecule has 0 radical (unpaired) electrons. The largest absolute Gasteiger partial charge is 0.491 e. The molecule has 8 heteroatoms. The summed E-state index contributed by atoms with van der Waals surface area (Å²) in [6.45, 7) is 16.5. The van der Waals surface area contributed by atoms with Crippen molar-refractivity contribution in [3.8, 4) is 5.75 Å². The van der Waals surface area contributed by atoms with E-state index >= 15 is 0 Å². The zero-order valence-electron chi connectivity index (χ0n) is 19.8. The molecule has 1 aromatic carbocycles. The molecule has 0 bridgehead atoms. The van der Waals surface area contributed by atoms with E-state index in [2.05, 4.69) is 33.9 Å². The summed E-state index contributed by atoms with van der Waals surface area (Å²) < 4.78 is 33.5. The first-order valence-corrected chi connectivity index (χ1v) is 13.8. The van der Waals surface area contributed by atoms with Crippen LogP contribution in [0.25, 0.3) is 0 Å². The molecule has 0 saturated carbocycles. The highest BCUT2D eigenvalue weighted by atomic mass is 28.4. The van der Waals surface area contributed by atoms with Gasteiger partial charge >= 0.3 is 0 Å². The van der Waals surface area contributed by atoms with E-state index in [1.54, 1.807) is 24.3 Å². The molecule has 0 amide bonds. The molecule has 0 N–H and O–H groups in total. The van der Waals surface area contributed by atoms with Gasteiger partial charge in [-0.05, 0) is 42.4 Å². The van der Waals surface area contributed by atoms with Crippen molar-refractivity contribution in [1.29, 1.82) is 0 Å². The lowest BCUT2D eigenvalue weighted by molar-refractivity contribution is -0.00737. The van der Waals surface area contributed by atoms with Crippen LogP contribution in [0.1, 0.15) is 31.1 Å². The topological polar surface area (TPSA) is 72.5 Å². The smallest absolute Gasteiger partial charge is 0.192 e. The van der Waals surface area contributed by atoms with Crippen LogP contribution < -0.4 is 4.74 Å². The van der Waals surface area contributed by atoms with Crippen molar-refractivity contribution < 1.29 is 32.9 Å². The quantitative estimate of drug-likeness (QED) is 0.188. The highest BCUT2D eigenvalue weighted by Crippen LogP contribution is 2.36. The molecule has 7 nitrogen and oxygen atoms in total. The maximum absolute atomic E-state index is 10.6. The number of aldehydes is 1. The Morgan fingerprint density at radius 3 is 1.55 bits per heavy atom. The Balaban J connectivity index is 1.82. The molecular weight excluding hydrogens is 416 g/mol. The van der Waals surface area contributed by atoms with Crippen LogP contribution in [0.15, 0.2) is 24.3 Å². The molecule has 1 aromatic rings. The number of benzene rings is 1. The van der Waals surface area contributed by atoms with Crippen molar-refractivity contribution in [1.82, 2.24) is 0 Å². The summed E-state index contributed by atoms with van der Waals surface area (Å²) in [6, 6.07) is 6.97. The monoisotopic (exact) mass is 456 g/mol. The maximum atomic E-state index is 10.6. The van der Waals surface area contributed by atoms with Gasteiger partial charge in [0.05, 0.1) is 59.5 Å². The van der Waals surface area contributed by atoms with Gasteiger partial charge in [-0.25, -0.2) is 0 Å². The molecule has 0 aliphatic rings. The zero-order chi connectivity index (χ0) is 23.0. The van der Waals surface area contributed by atoms with Gasteiger partial charge < -0.3 is 28.1 Å². The van der Waals surface area contributed by atoms with Gasteiger partial charge in [-0.15, -0.1) is 0 Å². The van der Waals surface area contributed by atoms with Crippen LogP contribution >= 0.6 is 0 Å². The average molecular weight is 457 g/mol. The number of rotatable bonds is 18. The predicted molar refractivity (Wildman–Crippen MR) is 124 cm³/mol. The third-order valence-electron chi connectivity index (χ3n) is 5.13. The van der Waals surface area contributed by atoms with Gasteiger partial charge in [-0.3, -0.25) is 4.79 Å². The van der Waals surface area contributed by atoms with Crippen LogP contribution in [0.5, 0.6) is 5.75 Å². The standard InChI is InChI=1S/C23H40O7Si/c1-23(2,3)31(4,5)30-19-17-28-15-13-26-11-10-25-12-14-27-16-18-29-22-8-6-21(20-24)7-9-22/h6-9,20H,10-19H2,1-5H3. The first kappa shape index (κ1) is 27.7. The number of ether oxygens (including phenoxy) is 5. The fourth-order valence-electron chi connectivity index (χ4n) is 2.20. The zero-order valence-corrected chi connectivity index (χ0v) is 20.8. The Morgan fingerprint density at radius 2 is 1.13 bits per heavy atom. The van der Waals surface area contributed by atoms with E-state index in [1.807, 2.05) is 0 Å². The molecule has 0 saturated heterocycles. The Kier molecular flexibility index (Phi) is 13.9. The van der Waals surface area contributed by atoms with Crippen molar-refractivity contribution in [2.24, 2.45) is 0 Å². The normalized spacial score (nSPS) is 12.2. The number of hydrogen-bond acceptors (Lipinski definition) is 7. The Hall–Kier alpha value is -1.29. The maximum Gasteiger partial charge on any atom is 0.192 e. The lowest BCUT2D eigenvalue weighted by Gasteiger charge is -2.36. The molecule has 0 atom stereocenters. The summed E-state index contributed by atoms with van der Waals surface area (Å²) in [5.74, 6) is 0.717. The molecule has 0 unspecified atom stereocenters. The molecule has 0 spiro atoms. The van der Waals surface area contributed by atoms with Crippen LogP contribution in [-0.4, -0.2) is 80.7 Å². The van der Waals surface area contributed by atoms with E-state index in [0.717, 1.165) is 12.0 Å². The van der Waals surface area contributed by atoms with E-state index < -0.39 is 8.32 Å². The minimum atomic E-state index is -1.68. The molecule has 0 heterocycles. The highest BCUT2D eigenvalue weighted by molar-refractivity contribution is 6.74. The van der Waals surface area contributed by atoms with E-state index in [0.29, 0.717) is 71.6 Å². The second-order valence-corrected chi connectivity index (χ2v) is 13.4. The van der Waals surface area contributed by atoms with E-state index in [9.17, 15) is 4.79 Å². The SMILES string of the molecule is CC(C)(C)[Si](C)(C)OCCOCCOCCOCCOCCOc1ccc(C=O)cc1. The summed E-state index contributed by atoms with van der Waals surface area (Å²) in [4.78, 5) is 10.6. The van der Waals surface area contributed by atoms with Gasteiger partial charge in [0, 0.05) is 5.56 Å². The number of carbonyl (C=O) groups is 1. The highest BCUT2D eigenvalue weighted by Gasteiger charge is 2.36. The van der Waals surface area contributed by atoms with Crippen LogP contribution in [0, 0.1) is 0 Å². The van der Waals surface area contributed by atoms with Gasteiger partial charge in [-0.1, -0.05) is 20.8 Å². The van der Waals surface area contributed by atoms with Crippen molar-refractivity contribution in [3.05, 3.63) is 29.8 Å². The summed E-state index contributed by atoms with van der Waals surface area (Å²) >= 11 is 0. The van der Waals surface area contributed by atoms with Gasteiger partial charge in [0.1, 0.15) is 18.6 Å². The number of carbonyl (C=O) groups excluding carboxylic acids is 1. The van der Waals surface area contributed by atoms with Gasteiger partial charge in [0.2, 0.25) is 0 Å². The fourth-order valence-corrected chi connectivity index (χ4v) is 3.22. The van der Waals surface area contributed by atoms with Gasteiger partial charge in [0.15, 0.2) is 8.32 Å². The third kappa shape index (κ3) is 13.0. The molecule has 31 heavy (non-hydrogen) atoms. The Labute approximate surface area is 188 Å². The average Bonchev–Trinajstić information content (AvgIpc) is 2.73. The molecule has 1 rings (SSSR count).